The van der Waals surface area contributed by atoms with Gasteiger partial charge in [0.2, 0.25) is 0 Å². The van der Waals surface area contributed by atoms with Crippen LogP contribution in [0.15, 0.2) is 0 Å². The van der Waals surface area contributed by atoms with Crippen LogP contribution in [0.4, 0.5) is 0 Å². The summed E-state index contributed by atoms with van der Waals surface area (Å²) in [5.74, 6) is 0. The zero-order chi connectivity index (χ0) is 22.2. The van der Waals surface area contributed by atoms with Crippen LogP contribution in [-0.2, 0) is 30.7 Å². The zero-order valence-corrected chi connectivity index (χ0v) is 21.2. The lowest BCUT2D eigenvalue weighted by atomic mass is 10.2. The third kappa shape index (κ3) is 11.9. The van der Waals surface area contributed by atoms with Gasteiger partial charge in [-0.15, -0.1) is 0 Å². The molecule has 4 N–H and O–H groups in total. The van der Waals surface area contributed by atoms with E-state index in [0.29, 0.717) is 39.5 Å². The van der Waals surface area contributed by atoms with Gasteiger partial charge in [0, 0.05) is 38.6 Å². The lowest BCUT2D eigenvalue weighted by molar-refractivity contribution is -0.0832. The summed E-state index contributed by atoms with van der Waals surface area (Å²) < 4.78 is 42.6. The van der Waals surface area contributed by atoms with Crippen molar-refractivity contribution in [3.05, 3.63) is 0 Å². The van der Waals surface area contributed by atoms with Crippen molar-refractivity contribution in [3.8, 4) is 0 Å². The molecule has 0 aromatic heterocycles. The van der Waals surface area contributed by atoms with Gasteiger partial charge in [-0.2, -0.15) is 0 Å². The van der Waals surface area contributed by atoms with E-state index in [2.05, 4.69) is 0 Å². The lowest BCUT2D eigenvalue weighted by Gasteiger charge is -2.37. The van der Waals surface area contributed by atoms with E-state index < -0.39 is 18.1 Å². The summed E-state index contributed by atoms with van der Waals surface area (Å²) in [5, 5.41) is 0. The first-order valence-corrected chi connectivity index (χ1v) is 14.1. The Bertz CT molecular complexity index is 351. The Morgan fingerprint density at radius 1 is 0.621 bits per heavy atom. The van der Waals surface area contributed by atoms with Gasteiger partial charge in [0.1, 0.15) is 0 Å². The smallest absolute Gasteiger partial charge is 0.352 e. The summed E-state index contributed by atoms with van der Waals surface area (Å²) in [4.78, 5) is 0. The van der Waals surface area contributed by atoms with Crippen molar-refractivity contribution >= 4 is 18.1 Å². The first kappa shape index (κ1) is 29.1. The minimum Gasteiger partial charge on any atom is -0.352 e. The molecule has 0 bridgehead atoms. The summed E-state index contributed by atoms with van der Waals surface area (Å²) in [6.07, 6.45) is 2.87. The Hall–Kier alpha value is 0.0738. The monoisotopic (exact) mass is 456 g/mol. The predicted octanol–water partition coefficient (Wildman–Crippen LogP) is 2.31. The summed E-state index contributed by atoms with van der Waals surface area (Å²) in [7, 11) is -7.19. The molecule has 2 atom stereocenters. The highest BCUT2D eigenvalue weighted by Gasteiger charge is 2.60. The van der Waals surface area contributed by atoms with Crippen molar-refractivity contribution in [2.24, 2.45) is 11.5 Å². The van der Waals surface area contributed by atoms with Crippen molar-refractivity contribution < 1.29 is 30.7 Å². The van der Waals surface area contributed by atoms with Gasteiger partial charge >= 0.3 is 18.1 Å². The summed E-state index contributed by atoms with van der Waals surface area (Å²) in [6.45, 7) is 14.0. The van der Waals surface area contributed by atoms with E-state index >= 15 is 0 Å². The maximum absolute atomic E-state index is 6.37. The fraction of sp³-hybridized carbons (Fsp3) is 1.00. The molecule has 0 aliphatic carbocycles. The van der Waals surface area contributed by atoms with Crippen LogP contribution in [0, 0.1) is 0 Å². The van der Waals surface area contributed by atoms with Crippen LogP contribution in [0.5, 0.6) is 0 Å². The third-order valence-corrected chi connectivity index (χ3v) is 9.81. The Morgan fingerprint density at radius 2 is 0.931 bits per heavy atom. The van der Waals surface area contributed by atoms with Gasteiger partial charge in [0.15, 0.2) is 0 Å². The normalized spacial score (nSPS) is 14.9. The van der Waals surface area contributed by atoms with E-state index in [1.54, 1.807) is 0 Å². The minimum atomic E-state index is -3.60. The molecule has 2 unspecified atom stereocenters. The average molecular weight is 457 g/mol. The summed E-state index contributed by atoms with van der Waals surface area (Å²) in [6, 6.07) is 0. The van der Waals surface area contributed by atoms with Crippen molar-refractivity contribution in [3.63, 3.8) is 0 Å². The molecule has 0 aliphatic heterocycles. The molecule has 0 saturated carbocycles. The second kappa shape index (κ2) is 16.7. The molecular weight excluding hydrogens is 412 g/mol. The highest BCUT2D eigenvalue weighted by atomic mass is 28.5. The molecule has 0 rings (SSSR count). The standard InChI is InChI=1S/C18H44N2O7Si2/c1-7-21-28(22-8-2,25-17(5)13-11-15-19)27-29(23-9-3,24-10-4)26-18(6)14-12-16-20/h17-18H,7-16,19-20H2,1-6H3. The molecule has 0 heterocycles. The molecule has 0 amide bonds. The Kier molecular flexibility index (Phi) is 16.8. The van der Waals surface area contributed by atoms with Crippen molar-refractivity contribution in [2.45, 2.75) is 79.4 Å². The van der Waals surface area contributed by atoms with Gasteiger partial charge in [0.05, 0.1) is 0 Å². The van der Waals surface area contributed by atoms with Crippen LogP contribution in [0.3, 0.4) is 0 Å². The van der Waals surface area contributed by atoms with E-state index in [1.807, 2.05) is 41.5 Å². The fourth-order valence-electron chi connectivity index (χ4n) is 2.67. The van der Waals surface area contributed by atoms with Crippen molar-refractivity contribution in [2.75, 3.05) is 39.5 Å². The topological polar surface area (TPSA) is 117 Å². The van der Waals surface area contributed by atoms with E-state index in [9.17, 15) is 0 Å². The second-order valence-corrected chi connectivity index (χ2v) is 11.0. The highest BCUT2D eigenvalue weighted by molar-refractivity contribution is 6.68. The van der Waals surface area contributed by atoms with E-state index in [-0.39, 0.29) is 12.2 Å². The van der Waals surface area contributed by atoms with Crippen LogP contribution >= 0.6 is 0 Å². The van der Waals surface area contributed by atoms with Crippen LogP contribution in [0.1, 0.15) is 67.2 Å². The molecule has 0 radical (unpaired) electrons. The van der Waals surface area contributed by atoms with E-state index in [4.69, 9.17) is 42.1 Å². The van der Waals surface area contributed by atoms with Gasteiger partial charge in [-0.3, -0.25) is 0 Å². The predicted molar refractivity (Wildman–Crippen MR) is 117 cm³/mol. The molecule has 176 valence electrons. The number of hydrogen-bond acceptors (Lipinski definition) is 9. The molecule has 0 saturated heterocycles. The van der Waals surface area contributed by atoms with E-state index in [0.717, 1.165) is 25.7 Å². The third-order valence-electron chi connectivity index (χ3n) is 3.86. The van der Waals surface area contributed by atoms with Crippen molar-refractivity contribution in [1.82, 2.24) is 0 Å². The van der Waals surface area contributed by atoms with Crippen LogP contribution in [0.25, 0.3) is 0 Å². The lowest BCUT2D eigenvalue weighted by Crippen LogP contribution is -2.63. The Balaban J connectivity index is 5.71. The maximum atomic E-state index is 6.37. The molecule has 0 aromatic carbocycles. The number of hydrogen-bond donors (Lipinski definition) is 2. The molecule has 0 aromatic rings. The molecule has 11 heteroatoms. The maximum Gasteiger partial charge on any atom is 0.674 e. The first-order chi connectivity index (χ1) is 13.9. The number of rotatable bonds is 20. The minimum absolute atomic E-state index is 0.159. The van der Waals surface area contributed by atoms with Gasteiger partial charge in [-0.1, -0.05) is 0 Å². The molecule has 29 heavy (non-hydrogen) atoms. The molecular formula is C18H44N2O7Si2. The largest absolute Gasteiger partial charge is 0.674 e. The molecule has 0 aliphatic rings. The SMILES string of the molecule is CCO[Si](OCC)(OC(C)CCCN)O[Si](OCC)(OCC)OC(C)CCCN. The highest BCUT2D eigenvalue weighted by Crippen LogP contribution is 2.26. The van der Waals surface area contributed by atoms with Gasteiger partial charge < -0.3 is 42.1 Å². The number of nitrogens with two attached hydrogens (primary N) is 2. The molecule has 9 nitrogen and oxygen atoms in total. The first-order valence-electron chi connectivity index (χ1n) is 10.9. The Labute approximate surface area is 179 Å². The van der Waals surface area contributed by atoms with E-state index in [1.165, 1.54) is 0 Å². The van der Waals surface area contributed by atoms with Gasteiger partial charge in [-0.05, 0) is 80.3 Å². The molecule has 0 spiro atoms. The Morgan fingerprint density at radius 3 is 1.17 bits per heavy atom. The zero-order valence-electron chi connectivity index (χ0n) is 19.2. The van der Waals surface area contributed by atoms with Gasteiger partial charge in [-0.25, -0.2) is 0 Å². The van der Waals surface area contributed by atoms with Crippen LogP contribution in [-0.4, -0.2) is 69.8 Å². The van der Waals surface area contributed by atoms with Crippen LogP contribution in [0.2, 0.25) is 0 Å². The fourth-order valence-corrected chi connectivity index (χ4v) is 8.29. The summed E-state index contributed by atoms with van der Waals surface area (Å²) in [5.41, 5.74) is 11.3. The molecule has 0 fully saturated rings. The average Bonchev–Trinajstić information content (AvgIpc) is 2.65. The van der Waals surface area contributed by atoms with Gasteiger partial charge in [0.25, 0.3) is 0 Å². The summed E-state index contributed by atoms with van der Waals surface area (Å²) >= 11 is 0. The quantitative estimate of drug-likeness (QED) is 0.266. The second-order valence-electron chi connectivity index (χ2n) is 6.55. The van der Waals surface area contributed by atoms with Crippen molar-refractivity contribution in [1.29, 1.82) is 0 Å². The van der Waals surface area contributed by atoms with Crippen LogP contribution < -0.4 is 11.5 Å².